The average molecular weight is 459 g/mol. The van der Waals surface area contributed by atoms with Crippen molar-refractivity contribution in [3.8, 4) is 0 Å². The third-order valence-corrected chi connectivity index (χ3v) is 4.26. The number of nitrogens with two attached hydrogens (primary N) is 4. The van der Waals surface area contributed by atoms with Gasteiger partial charge >= 0.3 is 5.97 Å². The van der Waals surface area contributed by atoms with Crippen LogP contribution in [0.15, 0.2) is 4.99 Å². The van der Waals surface area contributed by atoms with Crippen molar-refractivity contribution in [1.29, 1.82) is 0 Å². The van der Waals surface area contributed by atoms with Gasteiger partial charge in [0.25, 0.3) is 0 Å². The fraction of sp³-hybridized carbons (Fsp3) is 0.667. The Morgan fingerprint density at radius 1 is 0.875 bits per heavy atom. The van der Waals surface area contributed by atoms with Gasteiger partial charge in [0.15, 0.2) is 5.96 Å². The minimum atomic E-state index is -1.55. The molecule has 4 atom stereocenters. The first-order valence-electron chi connectivity index (χ1n) is 9.99. The summed E-state index contributed by atoms with van der Waals surface area (Å²) in [6, 6.07) is -4.62. The number of carbonyl (C=O) groups excluding carboxylic acids is 4. The third kappa shape index (κ3) is 11.1. The molecule has 32 heavy (non-hydrogen) atoms. The standard InChI is InChI=1S/C18H34N8O6/c1-8(2)13(16(30)25-11(17(31)32)7-12(20)27)26-15(29)10(24-14(28)9(3)19)5-4-6-23-18(21)22/h8-11,13H,4-7,19H2,1-3H3,(H2,20,27)(H,24,28)(H,25,30)(H,26,29)(H,31,32)(H4,21,22,23). The molecule has 14 heteroatoms. The molecule has 182 valence electrons. The van der Waals surface area contributed by atoms with E-state index in [0.717, 1.165) is 0 Å². The van der Waals surface area contributed by atoms with Crippen LogP contribution in [0.3, 0.4) is 0 Å². The summed E-state index contributed by atoms with van der Waals surface area (Å²) in [5.41, 5.74) is 21.1. The fourth-order valence-corrected chi connectivity index (χ4v) is 2.53. The minimum absolute atomic E-state index is 0.119. The largest absolute Gasteiger partial charge is 0.480 e. The van der Waals surface area contributed by atoms with Crippen molar-refractivity contribution in [2.75, 3.05) is 6.54 Å². The number of guanidine groups is 1. The number of carbonyl (C=O) groups is 5. The predicted molar refractivity (Wildman–Crippen MR) is 116 cm³/mol. The smallest absolute Gasteiger partial charge is 0.326 e. The molecule has 0 aromatic heterocycles. The van der Waals surface area contributed by atoms with Gasteiger partial charge in [0, 0.05) is 6.54 Å². The van der Waals surface area contributed by atoms with E-state index in [9.17, 15) is 29.1 Å². The molecular weight excluding hydrogens is 424 g/mol. The number of nitrogens with zero attached hydrogens (tertiary/aromatic N) is 1. The van der Waals surface area contributed by atoms with Crippen molar-refractivity contribution in [1.82, 2.24) is 16.0 Å². The van der Waals surface area contributed by atoms with Crippen LogP contribution in [0, 0.1) is 5.92 Å². The topological polar surface area (TPSA) is 258 Å². The lowest BCUT2D eigenvalue weighted by Crippen LogP contribution is -2.58. The number of carboxylic acids is 1. The summed E-state index contributed by atoms with van der Waals surface area (Å²) >= 11 is 0. The van der Waals surface area contributed by atoms with E-state index in [4.69, 9.17) is 22.9 Å². The van der Waals surface area contributed by atoms with Crippen LogP contribution < -0.4 is 38.9 Å². The van der Waals surface area contributed by atoms with Gasteiger partial charge in [0.05, 0.1) is 12.5 Å². The highest BCUT2D eigenvalue weighted by Gasteiger charge is 2.32. The van der Waals surface area contributed by atoms with Gasteiger partial charge in [0.1, 0.15) is 18.1 Å². The van der Waals surface area contributed by atoms with Gasteiger partial charge in [-0.3, -0.25) is 24.2 Å². The van der Waals surface area contributed by atoms with Crippen LogP contribution in [0.5, 0.6) is 0 Å². The molecule has 0 aliphatic heterocycles. The second-order valence-electron chi connectivity index (χ2n) is 7.60. The summed E-state index contributed by atoms with van der Waals surface area (Å²) in [5.74, 6) is -5.02. The summed E-state index contributed by atoms with van der Waals surface area (Å²) < 4.78 is 0. The predicted octanol–water partition coefficient (Wildman–Crippen LogP) is -3.54. The first kappa shape index (κ1) is 28.6. The first-order valence-corrected chi connectivity index (χ1v) is 9.99. The zero-order valence-electron chi connectivity index (χ0n) is 18.5. The van der Waals surface area contributed by atoms with Gasteiger partial charge in [-0.05, 0) is 25.7 Å². The maximum atomic E-state index is 12.8. The second kappa shape index (κ2) is 13.8. The highest BCUT2D eigenvalue weighted by atomic mass is 16.4. The molecule has 0 saturated carbocycles. The van der Waals surface area contributed by atoms with Gasteiger partial charge in [-0.1, -0.05) is 13.8 Å². The van der Waals surface area contributed by atoms with Crippen molar-refractivity contribution in [3.63, 3.8) is 0 Å². The quantitative estimate of drug-likeness (QED) is 0.0726. The van der Waals surface area contributed by atoms with E-state index < -0.39 is 66.1 Å². The van der Waals surface area contributed by atoms with Gasteiger partial charge in [-0.25, -0.2) is 4.79 Å². The summed E-state index contributed by atoms with van der Waals surface area (Å²) in [4.78, 5) is 63.6. The molecule has 0 bridgehead atoms. The number of nitrogens with one attached hydrogen (secondary N) is 3. The Morgan fingerprint density at radius 2 is 1.44 bits per heavy atom. The lowest BCUT2D eigenvalue weighted by atomic mass is 10.0. The molecule has 12 N–H and O–H groups in total. The van der Waals surface area contributed by atoms with E-state index in [2.05, 4.69) is 20.9 Å². The van der Waals surface area contributed by atoms with Crippen LogP contribution in [0.25, 0.3) is 0 Å². The van der Waals surface area contributed by atoms with E-state index in [1.54, 1.807) is 13.8 Å². The maximum absolute atomic E-state index is 12.8. The molecule has 0 aromatic rings. The highest BCUT2D eigenvalue weighted by Crippen LogP contribution is 2.07. The van der Waals surface area contributed by atoms with E-state index >= 15 is 0 Å². The Labute approximate surface area is 185 Å². The molecule has 0 aliphatic rings. The molecule has 0 rings (SSSR count). The van der Waals surface area contributed by atoms with Crippen molar-refractivity contribution < 1.29 is 29.1 Å². The molecule has 0 spiro atoms. The number of aliphatic imine (C=N–C) groups is 1. The van der Waals surface area contributed by atoms with Crippen LogP contribution in [0.4, 0.5) is 0 Å². The van der Waals surface area contributed by atoms with Crippen LogP contribution in [0.1, 0.15) is 40.0 Å². The normalized spacial score (nSPS) is 14.4. The van der Waals surface area contributed by atoms with Crippen LogP contribution in [-0.2, 0) is 24.0 Å². The van der Waals surface area contributed by atoms with Gasteiger partial charge in [0.2, 0.25) is 23.6 Å². The summed E-state index contributed by atoms with van der Waals surface area (Å²) in [6.07, 6.45) is -0.127. The SMILES string of the molecule is CC(N)C(=O)NC(CCCN=C(N)N)C(=O)NC(C(=O)NC(CC(N)=O)C(=O)O)C(C)C. The summed E-state index contributed by atoms with van der Waals surface area (Å²) in [6.45, 7) is 4.91. The lowest BCUT2D eigenvalue weighted by Gasteiger charge is -2.26. The number of primary amides is 1. The summed E-state index contributed by atoms with van der Waals surface area (Å²) in [5, 5.41) is 16.4. The monoisotopic (exact) mass is 458 g/mol. The first-order chi connectivity index (χ1) is 14.8. The van der Waals surface area contributed by atoms with Crippen LogP contribution in [-0.4, -0.2) is 71.4 Å². The number of hydrogen-bond acceptors (Lipinski definition) is 7. The molecule has 0 heterocycles. The maximum Gasteiger partial charge on any atom is 0.326 e. The van der Waals surface area contributed by atoms with Crippen LogP contribution in [0.2, 0.25) is 0 Å². The Kier molecular flexibility index (Phi) is 12.3. The van der Waals surface area contributed by atoms with E-state index in [0.29, 0.717) is 6.42 Å². The minimum Gasteiger partial charge on any atom is -0.480 e. The average Bonchev–Trinajstić information content (AvgIpc) is 2.66. The fourth-order valence-electron chi connectivity index (χ4n) is 2.53. The van der Waals surface area contributed by atoms with Crippen molar-refractivity contribution in [3.05, 3.63) is 0 Å². The Hall–Kier alpha value is -3.42. The molecule has 14 nitrogen and oxygen atoms in total. The van der Waals surface area contributed by atoms with Crippen molar-refractivity contribution in [2.45, 2.75) is 64.2 Å². The Morgan fingerprint density at radius 3 is 1.88 bits per heavy atom. The molecule has 0 saturated heterocycles. The Bertz CT molecular complexity index is 720. The summed E-state index contributed by atoms with van der Waals surface area (Å²) in [7, 11) is 0. The molecule has 4 unspecified atom stereocenters. The molecule has 0 aromatic carbocycles. The number of amides is 4. The van der Waals surface area contributed by atoms with E-state index in [1.165, 1.54) is 6.92 Å². The zero-order valence-corrected chi connectivity index (χ0v) is 18.5. The second-order valence-corrected chi connectivity index (χ2v) is 7.60. The molecular formula is C18H34N8O6. The number of hydrogen-bond donors (Lipinski definition) is 8. The number of carboxylic acid groups (broad SMARTS) is 1. The van der Waals surface area contributed by atoms with Crippen molar-refractivity contribution >= 4 is 35.6 Å². The molecule has 4 amide bonds. The van der Waals surface area contributed by atoms with E-state index in [1.807, 2.05) is 0 Å². The highest BCUT2D eigenvalue weighted by molar-refractivity contribution is 5.94. The lowest BCUT2D eigenvalue weighted by molar-refractivity contribution is -0.144. The van der Waals surface area contributed by atoms with E-state index in [-0.39, 0.29) is 18.9 Å². The van der Waals surface area contributed by atoms with Crippen molar-refractivity contribution in [2.24, 2.45) is 33.8 Å². The third-order valence-electron chi connectivity index (χ3n) is 4.26. The van der Waals surface area contributed by atoms with Gasteiger partial charge < -0.3 is 44.0 Å². The number of aliphatic carboxylic acids is 1. The number of rotatable bonds is 14. The van der Waals surface area contributed by atoms with Crippen LogP contribution >= 0.6 is 0 Å². The zero-order chi connectivity index (χ0) is 25.0. The Balaban J connectivity index is 5.40. The molecule has 0 radical (unpaired) electrons. The van der Waals surface area contributed by atoms with Gasteiger partial charge in [-0.2, -0.15) is 0 Å². The molecule has 0 fully saturated rings. The van der Waals surface area contributed by atoms with Gasteiger partial charge in [-0.15, -0.1) is 0 Å². The molecule has 0 aliphatic carbocycles.